The summed E-state index contributed by atoms with van der Waals surface area (Å²) >= 11 is 5.88. The third-order valence-corrected chi connectivity index (χ3v) is 3.19. The SMILES string of the molecule is CCOC(=O)c1c(-c2ccc(Cl)cc2)noc1-c1cn[nH]n1. The van der Waals surface area contributed by atoms with E-state index in [-0.39, 0.29) is 17.9 Å². The molecule has 7 nitrogen and oxygen atoms in total. The van der Waals surface area contributed by atoms with Gasteiger partial charge in [0.25, 0.3) is 0 Å². The minimum absolute atomic E-state index is 0.206. The number of hydrogen-bond donors (Lipinski definition) is 1. The van der Waals surface area contributed by atoms with Gasteiger partial charge >= 0.3 is 5.97 Å². The monoisotopic (exact) mass is 318 g/mol. The first-order valence-electron chi connectivity index (χ1n) is 6.49. The van der Waals surface area contributed by atoms with Crippen LogP contribution in [0.15, 0.2) is 35.0 Å². The van der Waals surface area contributed by atoms with Gasteiger partial charge in [0.05, 0.1) is 12.8 Å². The molecule has 0 aliphatic heterocycles. The van der Waals surface area contributed by atoms with Gasteiger partial charge in [0, 0.05) is 10.6 Å². The molecule has 112 valence electrons. The summed E-state index contributed by atoms with van der Waals surface area (Å²) in [4.78, 5) is 12.3. The summed E-state index contributed by atoms with van der Waals surface area (Å²) in [6.45, 7) is 1.96. The third kappa shape index (κ3) is 2.58. The highest BCUT2D eigenvalue weighted by molar-refractivity contribution is 6.30. The Hall–Kier alpha value is -2.67. The summed E-state index contributed by atoms with van der Waals surface area (Å²) in [6.07, 6.45) is 1.44. The topological polar surface area (TPSA) is 93.9 Å². The van der Waals surface area contributed by atoms with Crippen molar-refractivity contribution in [3.63, 3.8) is 0 Å². The molecule has 0 spiro atoms. The van der Waals surface area contributed by atoms with E-state index in [4.69, 9.17) is 20.9 Å². The van der Waals surface area contributed by atoms with Crippen LogP contribution < -0.4 is 0 Å². The molecule has 3 aromatic rings. The number of H-pyrrole nitrogens is 1. The van der Waals surface area contributed by atoms with E-state index in [1.807, 2.05) is 0 Å². The van der Waals surface area contributed by atoms with Crippen molar-refractivity contribution >= 4 is 17.6 Å². The number of rotatable bonds is 4. The maximum Gasteiger partial charge on any atom is 0.344 e. The summed E-state index contributed by atoms with van der Waals surface area (Å²) in [5.41, 5.74) is 1.63. The first-order chi connectivity index (χ1) is 10.7. The van der Waals surface area contributed by atoms with Crippen LogP contribution in [-0.4, -0.2) is 33.1 Å². The Morgan fingerprint density at radius 2 is 2.14 bits per heavy atom. The molecule has 2 heterocycles. The summed E-state index contributed by atoms with van der Waals surface area (Å²) in [5.74, 6) is -0.330. The Kier molecular flexibility index (Phi) is 3.88. The molecular formula is C14H11ClN4O3. The molecule has 0 saturated carbocycles. The fourth-order valence-corrected chi connectivity index (χ4v) is 2.10. The molecule has 2 aromatic heterocycles. The molecule has 1 aromatic carbocycles. The highest BCUT2D eigenvalue weighted by Gasteiger charge is 2.27. The molecule has 0 fully saturated rings. The lowest BCUT2D eigenvalue weighted by atomic mass is 10.1. The lowest BCUT2D eigenvalue weighted by molar-refractivity contribution is 0.0527. The van der Waals surface area contributed by atoms with Gasteiger partial charge in [-0.15, -0.1) is 0 Å². The molecule has 0 unspecified atom stereocenters. The number of hydrogen-bond acceptors (Lipinski definition) is 6. The predicted molar refractivity (Wildman–Crippen MR) is 78.3 cm³/mol. The van der Waals surface area contributed by atoms with E-state index >= 15 is 0 Å². The van der Waals surface area contributed by atoms with Gasteiger partial charge in [0.15, 0.2) is 5.69 Å². The van der Waals surface area contributed by atoms with Gasteiger partial charge in [-0.2, -0.15) is 15.4 Å². The van der Waals surface area contributed by atoms with Crippen LogP contribution in [0, 0.1) is 0 Å². The van der Waals surface area contributed by atoms with E-state index in [2.05, 4.69) is 20.6 Å². The van der Waals surface area contributed by atoms with Gasteiger partial charge in [0.1, 0.15) is 11.3 Å². The Bertz CT molecular complexity index is 781. The van der Waals surface area contributed by atoms with E-state index in [9.17, 15) is 4.79 Å². The zero-order valence-electron chi connectivity index (χ0n) is 11.5. The van der Waals surface area contributed by atoms with E-state index in [0.717, 1.165) is 0 Å². The van der Waals surface area contributed by atoms with Crippen LogP contribution in [0.3, 0.4) is 0 Å². The standard InChI is InChI=1S/C14H11ClN4O3/c1-2-21-14(20)11-12(8-3-5-9(15)6-4-8)18-22-13(11)10-7-16-19-17-10/h3-7H,2H2,1H3,(H,16,17,19). The molecule has 0 aliphatic rings. The van der Waals surface area contributed by atoms with Crippen LogP contribution in [-0.2, 0) is 4.74 Å². The van der Waals surface area contributed by atoms with Crippen molar-refractivity contribution in [3.8, 4) is 22.7 Å². The molecule has 0 radical (unpaired) electrons. The number of nitrogens with one attached hydrogen (secondary N) is 1. The van der Waals surface area contributed by atoms with Crippen molar-refractivity contribution < 1.29 is 14.1 Å². The number of carbonyl (C=O) groups is 1. The summed E-state index contributed by atoms with van der Waals surface area (Å²) in [7, 11) is 0. The van der Waals surface area contributed by atoms with E-state index in [1.54, 1.807) is 31.2 Å². The summed E-state index contributed by atoms with van der Waals surface area (Å²) in [5, 5.41) is 14.6. The first kappa shape index (κ1) is 14.3. The van der Waals surface area contributed by atoms with Crippen LogP contribution in [0.1, 0.15) is 17.3 Å². The lowest BCUT2D eigenvalue weighted by Gasteiger charge is -2.03. The predicted octanol–water partition coefficient (Wildman–Crippen LogP) is 2.96. The number of ether oxygens (including phenoxy) is 1. The second-order valence-electron chi connectivity index (χ2n) is 4.32. The van der Waals surface area contributed by atoms with Crippen molar-refractivity contribution in [2.45, 2.75) is 6.92 Å². The molecular weight excluding hydrogens is 308 g/mol. The van der Waals surface area contributed by atoms with Gasteiger partial charge in [-0.1, -0.05) is 28.9 Å². The van der Waals surface area contributed by atoms with Gasteiger partial charge in [0.2, 0.25) is 5.76 Å². The maximum absolute atomic E-state index is 12.3. The van der Waals surface area contributed by atoms with Crippen molar-refractivity contribution in [2.75, 3.05) is 6.61 Å². The number of esters is 1. The fourth-order valence-electron chi connectivity index (χ4n) is 1.97. The smallest absolute Gasteiger partial charge is 0.344 e. The molecule has 8 heteroatoms. The quantitative estimate of drug-likeness (QED) is 0.743. The number of aromatic amines is 1. The van der Waals surface area contributed by atoms with E-state index in [0.29, 0.717) is 22.0 Å². The molecule has 0 aliphatic carbocycles. The fraction of sp³-hybridized carbons (Fsp3) is 0.143. The maximum atomic E-state index is 12.3. The summed E-state index contributed by atoms with van der Waals surface area (Å²) < 4.78 is 10.4. The van der Waals surface area contributed by atoms with Crippen LogP contribution in [0.25, 0.3) is 22.7 Å². The number of halogens is 1. The Morgan fingerprint density at radius 1 is 1.36 bits per heavy atom. The van der Waals surface area contributed by atoms with Crippen LogP contribution >= 0.6 is 11.6 Å². The van der Waals surface area contributed by atoms with Crippen LogP contribution in [0.2, 0.25) is 5.02 Å². The zero-order chi connectivity index (χ0) is 15.5. The van der Waals surface area contributed by atoms with Gasteiger partial charge < -0.3 is 9.26 Å². The minimum atomic E-state index is -0.535. The molecule has 22 heavy (non-hydrogen) atoms. The van der Waals surface area contributed by atoms with Gasteiger partial charge in [-0.3, -0.25) is 0 Å². The van der Waals surface area contributed by atoms with Crippen molar-refractivity contribution in [2.24, 2.45) is 0 Å². The van der Waals surface area contributed by atoms with Crippen LogP contribution in [0.4, 0.5) is 0 Å². The minimum Gasteiger partial charge on any atom is -0.462 e. The molecule has 0 saturated heterocycles. The molecule has 0 amide bonds. The van der Waals surface area contributed by atoms with Crippen molar-refractivity contribution in [3.05, 3.63) is 41.0 Å². The van der Waals surface area contributed by atoms with Gasteiger partial charge in [-0.25, -0.2) is 4.79 Å². The highest BCUT2D eigenvalue weighted by atomic mass is 35.5. The summed E-state index contributed by atoms with van der Waals surface area (Å²) in [6, 6.07) is 6.90. The second kappa shape index (κ2) is 5.98. The Balaban J connectivity index is 2.14. The highest BCUT2D eigenvalue weighted by Crippen LogP contribution is 2.32. The molecule has 1 N–H and O–H groups in total. The Labute approximate surface area is 130 Å². The lowest BCUT2D eigenvalue weighted by Crippen LogP contribution is -2.06. The number of benzene rings is 1. The average Bonchev–Trinajstić information content (AvgIpc) is 3.17. The average molecular weight is 319 g/mol. The first-order valence-corrected chi connectivity index (χ1v) is 6.87. The zero-order valence-corrected chi connectivity index (χ0v) is 12.3. The molecule has 3 rings (SSSR count). The normalized spacial score (nSPS) is 10.6. The van der Waals surface area contributed by atoms with Gasteiger partial charge in [-0.05, 0) is 19.1 Å². The van der Waals surface area contributed by atoms with E-state index in [1.165, 1.54) is 6.20 Å². The molecule has 0 atom stereocenters. The van der Waals surface area contributed by atoms with E-state index < -0.39 is 5.97 Å². The van der Waals surface area contributed by atoms with Crippen molar-refractivity contribution in [1.82, 2.24) is 20.6 Å². The van der Waals surface area contributed by atoms with Crippen LogP contribution in [0.5, 0.6) is 0 Å². The third-order valence-electron chi connectivity index (χ3n) is 2.94. The number of nitrogens with zero attached hydrogens (tertiary/aromatic N) is 3. The van der Waals surface area contributed by atoms with Crippen molar-refractivity contribution in [1.29, 1.82) is 0 Å². The molecule has 0 bridgehead atoms. The Morgan fingerprint density at radius 3 is 2.77 bits per heavy atom. The number of carbonyl (C=O) groups excluding carboxylic acids is 1. The number of aromatic nitrogens is 4. The largest absolute Gasteiger partial charge is 0.462 e. The second-order valence-corrected chi connectivity index (χ2v) is 4.75.